The highest BCUT2D eigenvalue weighted by Gasteiger charge is 2.09. The highest BCUT2D eigenvalue weighted by atomic mass is 32.1. The van der Waals surface area contributed by atoms with E-state index in [0.717, 1.165) is 16.0 Å². The van der Waals surface area contributed by atoms with Crippen LogP contribution in [0.2, 0.25) is 0 Å². The fourth-order valence-electron chi connectivity index (χ4n) is 2.60. The third kappa shape index (κ3) is 3.26. The maximum atomic E-state index is 12.4. The van der Waals surface area contributed by atoms with Crippen LogP contribution in [-0.2, 0) is 7.05 Å². The Bertz CT molecular complexity index is 950. The van der Waals surface area contributed by atoms with Crippen molar-refractivity contribution in [1.29, 1.82) is 0 Å². The average Bonchev–Trinajstić information content (AvgIpc) is 2.85. The highest BCUT2D eigenvalue weighted by Crippen LogP contribution is 2.20. The van der Waals surface area contributed by atoms with E-state index in [4.69, 9.17) is 4.74 Å². The minimum absolute atomic E-state index is 0.108. The number of aryl methyl sites for hydroxylation is 2. The number of hydrogen-bond donors (Lipinski definition) is 0. The predicted molar refractivity (Wildman–Crippen MR) is 97.6 cm³/mol. The number of rotatable bonds is 3. The molecule has 0 atom stereocenters. The van der Waals surface area contributed by atoms with Crippen LogP contribution < -0.4 is 9.54 Å². The molecule has 1 heterocycles. The predicted octanol–water partition coefficient (Wildman–Crippen LogP) is 4.08. The summed E-state index contributed by atoms with van der Waals surface area (Å²) in [5.74, 6) is 0.510. The van der Waals surface area contributed by atoms with E-state index in [1.165, 1.54) is 16.9 Å². The number of hydrogen-bond acceptors (Lipinski definition) is 3. The topological polar surface area (TPSA) is 43.6 Å². The summed E-state index contributed by atoms with van der Waals surface area (Å²) in [7, 11) is 1.94. The van der Waals surface area contributed by atoms with Gasteiger partial charge in [-0.25, -0.2) is 0 Å². The molecule has 24 heavy (non-hydrogen) atoms. The number of aromatic nitrogens is 1. The van der Waals surface area contributed by atoms with Crippen LogP contribution in [-0.4, -0.2) is 16.6 Å². The molecule has 0 unspecified atom stereocenters. The summed E-state index contributed by atoms with van der Waals surface area (Å²) < 4.78 is 8.70. The third-order valence-electron chi connectivity index (χ3n) is 3.69. The van der Waals surface area contributed by atoms with Crippen LogP contribution in [0.3, 0.4) is 0 Å². The molecule has 0 saturated carbocycles. The molecular weight excluding hydrogens is 320 g/mol. The summed E-state index contributed by atoms with van der Waals surface area (Å²) in [6, 6.07) is 13.2. The minimum Gasteiger partial charge on any atom is -0.491 e. The Hall–Kier alpha value is -2.40. The van der Waals surface area contributed by atoms with E-state index >= 15 is 0 Å². The zero-order valence-electron chi connectivity index (χ0n) is 14.2. The van der Waals surface area contributed by atoms with Crippen LogP contribution >= 0.6 is 11.3 Å². The number of amides is 1. The number of carbonyl (C=O) groups excluding carboxylic acids is 1. The molecule has 0 aliphatic carbocycles. The quantitative estimate of drug-likeness (QED) is 0.721. The first-order chi connectivity index (χ1) is 11.5. The molecule has 0 aliphatic rings. The first-order valence-electron chi connectivity index (χ1n) is 7.86. The molecule has 0 bridgehead atoms. The summed E-state index contributed by atoms with van der Waals surface area (Å²) >= 11 is 1.52. The van der Waals surface area contributed by atoms with E-state index in [9.17, 15) is 4.79 Å². The van der Waals surface area contributed by atoms with Gasteiger partial charge in [-0.3, -0.25) is 4.79 Å². The lowest BCUT2D eigenvalue weighted by molar-refractivity contribution is 0.0998. The SMILES string of the molecule is Cc1cccc2sc(=NC(=O)c3ccc(OC(C)C)cc3)n(C)c12. The first kappa shape index (κ1) is 16.5. The van der Waals surface area contributed by atoms with Crippen LogP contribution in [0.25, 0.3) is 10.2 Å². The summed E-state index contributed by atoms with van der Waals surface area (Å²) in [4.78, 5) is 17.4. The van der Waals surface area contributed by atoms with Gasteiger partial charge in [0.15, 0.2) is 4.80 Å². The van der Waals surface area contributed by atoms with Gasteiger partial charge in [-0.05, 0) is 56.7 Å². The van der Waals surface area contributed by atoms with Crippen LogP contribution in [0.4, 0.5) is 0 Å². The second kappa shape index (κ2) is 6.61. The van der Waals surface area contributed by atoms with Crippen LogP contribution in [0.5, 0.6) is 5.75 Å². The summed E-state index contributed by atoms with van der Waals surface area (Å²) in [5, 5.41) is 0. The fourth-order valence-corrected chi connectivity index (χ4v) is 3.70. The van der Waals surface area contributed by atoms with Crippen molar-refractivity contribution in [3.05, 3.63) is 58.4 Å². The molecule has 124 valence electrons. The number of thiazole rings is 1. The van der Waals surface area contributed by atoms with Crippen molar-refractivity contribution >= 4 is 27.5 Å². The zero-order chi connectivity index (χ0) is 17.3. The lowest BCUT2D eigenvalue weighted by Crippen LogP contribution is -2.13. The number of para-hydroxylation sites is 1. The average molecular weight is 340 g/mol. The van der Waals surface area contributed by atoms with Crippen molar-refractivity contribution in [2.75, 3.05) is 0 Å². The molecule has 1 aromatic heterocycles. The number of fused-ring (bicyclic) bond motifs is 1. The number of carbonyl (C=O) groups is 1. The van der Waals surface area contributed by atoms with Crippen molar-refractivity contribution < 1.29 is 9.53 Å². The zero-order valence-corrected chi connectivity index (χ0v) is 15.1. The number of benzene rings is 2. The van der Waals surface area contributed by atoms with Gasteiger partial charge >= 0.3 is 0 Å². The molecule has 0 fully saturated rings. The van der Waals surface area contributed by atoms with Crippen LogP contribution in [0.15, 0.2) is 47.5 Å². The molecule has 3 rings (SSSR count). The Morgan fingerprint density at radius 3 is 2.50 bits per heavy atom. The van der Waals surface area contributed by atoms with E-state index in [1.54, 1.807) is 24.3 Å². The lowest BCUT2D eigenvalue weighted by Gasteiger charge is -2.09. The molecule has 4 nitrogen and oxygen atoms in total. The molecule has 0 saturated heterocycles. The Balaban J connectivity index is 1.95. The normalized spacial score (nSPS) is 12.1. The van der Waals surface area contributed by atoms with Crippen molar-refractivity contribution in [1.82, 2.24) is 4.57 Å². The van der Waals surface area contributed by atoms with Gasteiger partial charge < -0.3 is 9.30 Å². The maximum Gasteiger partial charge on any atom is 0.279 e. The molecule has 2 aromatic carbocycles. The smallest absolute Gasteiger partial charge is 0.279 e. The minimum atomic E-state index is -0.245. The van der Waals surface area contributed by atoms with Gasteiger partial charge in [-0.15, -0.1) is 0 Å². The van der Waals surface area contributed by atoms with Gasteiger partial charge in [-0.2, -0.15) is 4.99 Å². The third-order valence-corrected chi connectivity index (χ3v) is 4.79. The van der Waals surface area contributed by atoms with Crippen LogP contribution in [0, 0.1) is 6.92 Å². The van der Waals surface area contributed by atoms with Gasteiger partial charge in [0.25, 0.3) is 5.91 Å². The lowest BCUT2D eigenvalue weighted by atomic mass is 10.2. The largest absolute Gasteiger partial charge is 0.491 e. The van der Waals surface area contributed by atoms with E-state index in [1.807, 2.05) is 31.5 Å². The van der Waals surface area contributed by atoms with Gasteiger partial charge in [0.05, 0.1) is 16.3 Å². The summed E-state index contributed by atoms with van der Waals surface area (Å²) in [5.41, 5.74) is 2.85. The monoisotopic (exact) mass is 340 g/mol. The second-order valence-corrected chi connectivity index (χ2v) is 6.98. The maximum absolute atomic E-state index is 12.4. The van der Waals surface area contributed by atoms with Gasteiger partial charge in [0.1, 0.15) is 5.75 Å². The molecule has 0 spiro atoms. The Labute approximate surface area is 145 Å². The molecule has 0 radical (unpaired) electrons. The molecule has 0 aliphatic heterocycles. The molecule has 5 heteroatoms. The molecule has 0 N–H and O–H groups in total. The Morgan fingerprint density at radius 1 is 1.17 bits per heavy atom. The van der Waals surface area contributed by atoms with Crippen molar-refractivity contribution in [2.45, 2.75) is 26.9 Å². The Morgan fingerprint density at radius 2 is 1.88 bits per heavy atom. The summed E-state index contributed by atoms with van der Waals surface area (Å²) in [6.07, 6.45) is 0.108. The standard InChI is InChI=1S/C19H20N2O2S/c1-12(2)23-15-10-8-14(9-11-15)18(22)20-19-21(4)17-13(3)6-5-7-16(17)24-19/h5-12H,1-4H3. The van der Waals surface area contributed by atoms with Crippen molar-refractivity contribution in [3.63, 3.8) is 0 Å². The molecule has 3 aromatic rings. The van der Waals surface area contributed by atoms with Crippen LogP contribution in [0.1, 0.15) is 29.8 Å². The highest BCUT2D eigenvalue weighted by molar-refractivity contribution is 7.16. The molecular formula is C19H20N2O2S. The van der Waals surface area contributed by atoms with Crippen molar-refractivity contribution in [3.8, 4) is 5.75 Å². The van der Waals surface area contributed by atoms with E-state index in [0.29, 0.717) is 10.4 Å². The van der Waals surface area contributed by atoms with Crippen molar-refractivity contribution in [2.24, 2.45) is 12.0 Å². The number of ether oxygens (including phenoxy) is 1. The molecule has 1 amide bonds. The summed E-state index contributed by atoms with van der Waals surface area (Å²) in [6.45, 7) is 6.00. The van der Waals surface area contributed by atoms with Gasteiger partial charge in [0, 0.05) is 12.6 Å². The second-order valence-electron chi connectivity index (χ2n) is 5.97. The Kier molecular flexibility index (Phi) is 4.53. The van der Waals surface area contributed by atoms with E-state index < -0.39 is 0 Å². The fraction of sp³-hybridized carbons (Fsp3) is 0.263. The van der Waals surface area contributed by atoms with Gasteiger partial charge in [0.2, 0.25) is 0 Å². The number of nitrogens with zero attached hydrogens (tertiary/aromatic N) is 2. The van der Waals surface area contributed by atoms with E-state index in [2.05, 4.69) is 24.0 Å². The van der Waals surface area contributed by atoms with Gasteiger partial charge in [-0.1, -0.05) is 23.5 Å². The van der Waals surface area contributed by atoms with E-state index in [-0.39, 0.29) is 12.0 Å². The first-order valence-corrected chi connectivity index (χ1v) is 8.68.